The van der Waals surface area contributed by atoms with Crippen LogP contribution in [0.25, 0.3) is 11.1 Å². The lowest BCUT2D eigenvalue weighted by Gasteiger charge is -2.16. The molecule has 0 heterocycles. The lowest BCUT2D eigenvalue weighted by Crippen LogP contribution is -2.09. The van der Waals surface area contributed by atoms with Crippen molar-refractivity contribution in [1.29, 1.82) is 0 Å². The van der Waals surface area contributed by atoms with E-state index in [0.717, 1.165) is 17.4 Å². The molecule has 0 aromatic heterocycles. The van der Waals surface area contributed by atoms with Crippen LogP contribution in [0.3, 0.4) is 0 Å². The summed E-state index contributed by atoms with van der Waals surface area (Å²) in [6, 6.07) is 10.5. The van der Waals surface area contributed by atoms with E-state index in [0.29, 0.717) is 11.1 Å². The first-order valence-electron chi connectivity index (χ1n) is 7.29. The van der Waals surface area contributed by atoms with Crippen LogP contribution in [0.4, 0.5) is 0 Å². The topological polar surface area (TPSA) is 71.4 Å². The minimum Gasteiger partial charge on any atom is -0.478 e. The predicted molar refractivity (Wildman–Crippen MR) is 90.8 cm³/mol. The first kappa shape index (κ1) is 17.2. The summed E-state index contributed by atoms with van der Waals surface area (Å²) in [4.78, 5) is 11.5. The van der Waals surface area contributed by atoms with Gasteiger partial charge in [-0.05, 0) is 36.1 Å². The highest BCUT2D eigenvalue weighted by Crippen LogP contribution is 2.33. The lowest BCUT2D eigenvalue weighted by atomic mass is 9.92. The van der Waals surface area contributed by atoms with Crippen molar-refractivity contribution in [3.05, 3.63) is 53.1 Å². The van der Waals surface area contributed by atoms with Crippen LogP contribution in [0, 0.1) is 6.92 Å². The fourth-order valence-corrected chi connectivity index (χ4v) is 3.43. The number of carboxylic acids is 1. The van der Waals surface area contributed by atoms with Crippen molar-refractivity contribution in [3.8, 4) is 11.1 Å². The third-order valence-corrected chi connectivity index (χ3v) is 4.90. The van der Waals surface area contributed by atoms with E-state index in [-0.39, 0.29) is 16.4 Å². The third-order valence-electron chi connectivity index (χ3n) is 3.77. The largest absolute Gasteiger partial charge is 0.478 e. The smallest absolute Gasteiger partial charge is 0.336 e. The van der Waals surface area contributed by atoms with Crippen molar-refractivity contribution < 1.29 is 18.3 Å². The van der Waals surface area contributed by atoms with Gasteiger partial charge in [0.2, 0.25) is 0 Å². The van der Waals surface area contributed by atoms with Gasteiger partial charge in [0.15, 0.2) is 9.84 Å². The minimum atomic E-state index is -3.55. The van der Waals surface area contributed by atoms with Gasteiger partial charge in [0.25, 0.3) is 0 Å². The van der Waals surface area contributed by atoms with Crippen LogP contribution in [0.5, 0.6) is 0 Å². The van der Waals surface area contributed by atoms with Crippen molar-refractivity contribution >= 4 is 15.8 Å². The predicted octanol–water partition coefficient (Wildman–Crippen LogP) is 3.89. The second-order valence-electron chi connectivity index (χ2n) is 6.03. The zero-order chi connectivity index (χ0) is 17.4. The molecular weight excluding hydrogens is 312 g/mol. The molecule has 0 fully saturated rings. The number of sulfone groups is 1. The second kappa shape index (κ2) is 6.16. The van der Waals surface area contributed by atoms with E-state index in [4.69, 9.17) is 0 Å². The molecular formula is C18H20O4S. The summed E-state index contributed by atoms with van der Waals surface area (Å²) in [6.45, 7) is 5.73. The van der Waals surface area contributed by atoms with Crippen LogP contribution >= 0.6 is 0 Å². The van der Waals surface area contributed by atoms with Gasteiger partial charge in [-0.25, -0.2) is 13.2 Å². The van der Waals surface area contributed by atoms with Crippen LogP contribution in [0.2, 0.25) is 0 Å². The Balaban J connectivity index is 2.85. The molecule has 0 spiro atoms. The number of aryl methyl sites for hydroxylation is 1. The Morgan fingerprint density at radius 3 is 2.09 bits per heavy atom. The van der Waals surface area contributed by atoms with Crippen LogP contribution in [0.15, 0.2) is 41.3 Å². The molecule has 122 valence electrons. The zero-order valence-corrected chi connectivity index (χ0v) is 14.4. The van der Waals surface area contributed by atoms with E-state index in [2.05, 4.69) is 0 Å². The molecule has 0 bridgehead atoms. The summed E-state index contributed by atoms with van der Waals surface area (Å²) in [7, 11) is -3.55. The number of hydrogen-bond donors (Lipinski definition) is 1. The van der Waals surface area contributed by atoms with Crippen LogP contribution in [0.1, 0.15) is 41.3 Å². The standard InChI is InChI=1S/C18H20O4S/c1-11(2)14-9-15(13-7-5-12(3)6-8-13)17(23(4,21)22)10-16(14)18(19)20/h5-11H,1-4H3,(H,19,20). The van der Waals surface area contributed by atoms with Gasteiger partial charge in [0, 0.05) is 11.8 Å². The Morgan fingerprint density at radius 2 is 1.65 bits per heavy atom. The van der Waals surface area contributed by atoms with Gasteiger partial charge in [-0.1, -0.05) is 43.7 Å². The summed E-state index contributed by atoms with van der Waals surface area (Å²) < 4.78 is 24.3. The van der Waals surface area contributed by atoms with Crippen LogP contribution in [-0.4, -0.2) is 25.7 Å². The maximum Gasteiger partial charge on any atom is 0.336 e. The molecule has 0 saturated heterocycles. The minimum absolute atomic E-state index is 0.0288. The average Bonchev–Trinajstić information content (AvgIpc) is 2.45. The molecule has 0 aliphatic carbocycles. The average molecular weight is 332 g/mol. The molecule has 0 saturated carbocycles. The van der Waals surface area contributed by atoms with Crippen LogP contribution in [-0.2, 0) is 9.84 Å². The highest BCUT2D eigenvalue weighted by molar-refractivity contribution is 7.90. The normalized spacial score (nSPS) is 11.7. The van der Waals surface area contributed by atoms with E-state index >= 15 is 0 Å². The number of rotatable bonds is 4. The first-order chi connectivity index (χ1) is 10.6. The second-order valence-corrected chi connectivity index (χ2v) is 8.02. The monoisotopic (exact) mass is 332 g/mol. The summed E-state index contributed by atoms with van der Waals surface area (Å²) in [6.07, 6.45) is 1.10. The molecule has 2 rings (SSSR count). The Labute approximate surface area is 136 Å². The summed E-state index contributed by atoms with van der Waals surface area (Å²) in [5.41, 5.74) is 3.04. The van der Waals surface area contributed by atoms with Gasteiger partial charge >= 0.3 is 5.97 Å². The van der Waals surface area contributed by atoms with Crippen molar-refractivity contribution in [2.45, 2.75) is 31.6 Å². The van der Waals surface area contributed by atoms with Gasteiger partial charge in [-0.15, -0.1) is 0 Å². The molecule has 2 aromatic carbocycles. The highest BCUT2D eigenvalue weighted by Gasteiger charge is 2.22. The van der Waals surface area contributed by atoms with E-state index in [1.54, 1.807) is 6.07 Å². The third kappa shape index (κ3) is 3.62. The van der Waals surface area contributed by atoms with Crippen molar-refractivity contribution in [3.63, 3.8) is 0 Å². The maximum atomic E-state index is 12.2. The molecule has 5 heteroatoms. The fourth-order valence-electron chi connectivity index (χ4n) is 2.52. The fraction of sp³-hybridized carbons (Fsp3) is 0.278. The Hall–Kier alpha value is -2.14. The van der Waals surface area contributed by atoms with E-state index < -0.39 is 15.8 Å². The number of carbonyl (C=O) groups is 1. The van der Waals surface area contributed by atoms with E-state index in [1.165, 1.54) is 6.07 Å². The van der Waals surface area contributed by atoms with Gasteiger partial charge in [0.1, 0.15) is 0 Å². The molecule has 0 aliphatic rings. The molecule has 0 unspecified atom stereocenters. The van der Waals surface area contributed by atoms with Crippen LogP contribution < -0.4 is 0 Å². The zero-order valence-electron chi connectivity index (χ0n) is 13.6. The number of aromatic carboxylic acids is 1. The quantitative estimate of drug-likeness (QED) is 0.922. The highest BCUT2D eigenvalue weighted by atomic mass is 32.2. The maximum absolute atomic E-state index is 12.2. The van der Waals surface area contributed by atoms with Gasteiger partial charge in [0.05, 0.1) is 10.5 Å². The Kier molecular flexibility index (Phi) is 4.61. The molecule has 2 aromatic rings. The molecule has 0 atom stereocenters. The Bertz CT molecular complexity index is 847. The molecule has 0 radical (unpaired) electrons. The summed E-state index contributed by atoms with van der Waals surface area (Å²) in [5, 5.41) is 9.41. The summed E-state index contributed by atoms with van der Waals surface area (Å²) >= 11 is 0. The SMILES string of the molecule is Cc1ccc(-c2cc(C(C)C)c(C(=O)O)cc2S(C)(=O)=O)cc1. The van der Waals surface area contributed by atoms with Gasteiger partial charge < -0.3 is 5.11 Å². The molecule has 0 amide bonds. The van der Waals surface area contributed by atoms with Crippen molar-refractivity contribution in [2.24, 2.45) is 0 Å². The first-order valence-corrected chi connectivity index (χ1v) is 9.18. The number of benzene rings is 2. The number of hydrogen-bond acceptors (Lipinski definition) is 3. The number of carboxylic acid groups (broad SMARTS) is 1. The van der Waals surface area contributed by atoms with Gasteiger partial charge in [-0.2, -0.15) is 0 Å². The van der Waals surface area contributed by atoms with Crippen molar-refractivity contribution in [2.75, 3.05) is 6.26 Å². The van der Waals surface area contributed by atoms with Gasteiger partial charge in [-0.3, -0.25) is 0 Å². The molecule has 0 aliphatic heterocycles. The summed E-state index contributed by atoms with van der Waals surface area (Å²) in [5.74, 6) is -1.15. The molecule has 1 N–H and O–H groups in total. The van der Waals surface area contributed by atoms with E-state index in [1.807, 2.05) is 45.0 Å². The van der Waals surface area contributed by atoms with E-state index in [9.17, 15) is 18.3 Å². The van der Waals surface area contributed by atoms with Crippen molar-refractivity contribution in [1.82, 2.24) is 0 Å². The lowest BCUT2D eigenvalue weighted by molar-refractivity contribution is 0.0695. The molecule has 23 heavy (non-hydrogen) atoms. The Morgan fingerprint density at radius 1 is 1.09 bits per heavy atom. The molecule has 4 nitrogen and oxygen atoms in total.